The van der Waals surface area contributed by atoms with Gasteiger partial charge in [-0.2, -0.15) is 0 Å². The third kappa shape index (κ3) is 3.84. The summed E-state index contributed by atoms with van der Waals surface area (Å²) in [7, 11) is 3.10. The summed E-state index contributed by atoms with van der Waals surface area (Å²) >= 11 is 0. The second kappa shape index (κ2) is 7.85. The van der Waals surface area contributed by atoms with Crippen molar-refractivity contribution in [3.05, 3.63) is 18.2 Å². The second-order valence-corrected chi connectivity index (χ2v) is 6.78. The van der Waals surface area contributed by atoms with E-state index in [1.165, 1.54) is 6.92 Å². The van der Waals surface area contributed by atoms with Crippen LogP contribution in [0.5, 0.6) is 11.5 Å². The summed E-state index contributed by atoms with van der Waals surface area (Å²) in [5.41, 5.74) is 0.689. The number of carbonyl (C=O) groups is 3. The molecule has 146 valence electrons. The van der Waals surface area contributed by atoms with E-state index in [0.717, 1.165) is 0 Å². The highest BCUT2D eigenvalue weighted by Crippen LogP contribution is 2.34. The van der Waals surface area contributed by atoms with Gasteiger partial charge in [-0.3, -0.25) is 14.4 Å². The summed E-state index contributed by atoms with van der Waals surface area (Å²) in [4.78, 5) is 41.9. The zero-order valence-corrected chi connectivity index (χ0v) is 15.9. The molecule has 2 saturated heterocycles. The Morgan fingerprint density at radius 1 is 1.00 bits per heavy atom. The lowest BCUT2D eigenvalue weighted by Crippen LogP contribution is -2.51. The van der Waals surface area contributed by atoms with Gasteiger partial charge >= 0.3 is 0 Å². The van der Waals surface area contributed by atoms with Gasteiger partial charge in [-0.1, -0.05) is 0 Å². The van der Waals surface area contributed by atoms with Crippen molar-refractivity contribution in [1.82, 2.24) is 9.80 Å². The Balaban J connectivity index is 1.67. The van der Waals surface area contributed by atoms with Crippen LogP contribution in [0.2, 0.25) is 0 Å². The van der Waals surface area contributed by atoms with Crippen molar-refractivity contribution >= 4 is 23.4 Å². The van der Waals surface area contributed by atoms with Crippen LogP contribution in [0.15, 0.2) is 18.2 Å². The molecule has 0 saturated carbocycles. The molecule has 1 aromatic rings. The van der Waals surface area contributed by atoms with E-state index in [4.69, 9.17) is 9.47 Å². The Morgan fingerprint density at radius 3 is 2.22 bits per heavy atom. The van der Waals surface area contributed by atoms with Crippen LogP contribution in [0.4, 0.5) is 5.69 Å². The van der Waals surface area contributed by atoms with Crippen LogP contribution >= 0.6 is 0 Å². The van der Waals surface area contributed by atoms with Gasteiger partial charge in [0.05, 0.1) is 20.1 Å². The SMILES string of the molecule is COc1ccc(N2CC(C(=O)N3CCN(C(C)=O)CC3)CC2=O)cc1OC. The molecule has 1 atom stereocenters. The van der Waals surface area contributed by atoms with Crippen molar-refractivity contribution in [2.45, 2.75) is 13.3 Å². The molecule has 2 aliphatic rings. The number of carbonyl (C=O) groups excluding carboxylic acids is 3. The van der Waals surface area contributed by atoms with Crippen molar-refractivity contribution in [3.63, 3.8) is 0 Å². The van der Waals surface area contributed by atoms with E-state index in [0.29, 0.717) is 49.9 Å². The number of ether oxygens (including phenoxy) is 2. The largest absolute Gasteiger partial charge is 0.493 e. The molecule has 0 radical (unpaired) electrons. The number of methoxy groups -OCH3 is 2. The molecule has 8 nitrogen and oxygen atoms in total. The predicted molar refractivity (Wildman–Crippen MR) is 98.8 cm³/mol. The lowest BCUT2D eigenvalue weighted by atomic mass is 10.1. The van der Waals surface area contributed by atoms with Crippen molar-refractivity contribution in [3.8, 4) is 11.5 Å². The fraction of sp³-hybridized carbons (Fsp3) is 0.526. The van der Waals surface area contributed by atoms with Crippen LogP contribution in [0.3, 0.4) is 0 Å². The van der Waals surface area contributed by atoms with Crippen LogP contribution in [0, 0.1) is 5.92 Å². The number of hydrogen-bond donors (Lipinski definition) is 0. The van der Waals surface area contributed by atoms with Crippen LogP contribution in [-0.2, 0) is 14.4 Å². The highest BCUT2D eigenvalue weighted by molar-refractivity contribution is 6.00. The zero-order valence-electron chi connectivity index (χ0n) is 15.9. The number of nitrogens with zero attached hydrogens (tertiary/aromatic N) is 3. The van der Waals surface area contributed by atoms with E-state index >= 15 is 0 Å². The van der Waals surface area contributed by atoms with Gasteiger partial charge in [0.2, 0.25) is 17.7 Å². The van der Waals surface area contributed by atoms with Crippen LogP contribution < -0.4 is 14.4 Å². The molecule has 27 heavy (non-hydrogen) atoms. The maximum atomic E-state index is 12.8. The van der Waals surface area contributed by atoms with Gasteiger partial charge in [0.15, 0.2) is 11.5 Å². The van der Waals surface area contributed by atoms with Crippen LogP contribution in [0.1, 0.15) is 13.3 Å². The molecule has 3 rings (SSSR count). The van der Waals surface area contributed by atoms with Crippen molar-refractivity contribution in [2.75, 3.05) is 51.8 Å². The highest BCUT2D eigenvalue weighted by atomic mass is 16.5. The number of hydrogen-bond acceptors (Lipinski definition) is 5. The first-order valence-electron chi connectivity index (χ1n) is 9.01. The molecule has 0 aromatic heterocycles. The number of benzene rings is 1. The van der Waals surface area contributed by atoms with Gasteiger partial charge < -0.3 is 24.2 Å². The summed E-state index contributed by atoms with van der Waals surface area (Å²) in [6.07, 6.45) is 0.195. The standard InChI is InChI=1S/C19H25N3O5/c1-13(23)20-6-8-21(9-7-20)19(25)14-10-18(24)22(12-14)15-4-5-16(26-2)17(11-15)27-3/h4-5,11,14H,6-10,12H2,1-3H3. The Kier molecular flexibility index (Phi) is 5.53. The molecule has 2 fully saturated rings. The van der Waals surface area contributed by atoms with Crippen molar-refractivity contribution in [2.24, 2.45) is 5.92 Å². The van der Waals surface area contributed by atoms with E-state index in [1.54, 1.807) is 47.1 Å². The fourth-order valence-electron chi connectivity index (χ4n) is 3.62. The predicted octanol–water partition coefficient (Wildman–Crippen LogP) is 0.747. The number of piperazine rings is 1. The Labute approximate surface area is 158 Å². The number of rotatable bonds is 4. The molecule has 0 N–H and O–H groups in total. The minimum atomic E-state index is -0.366. The molecule has 8 heteroatoms. The van der Waals surface area contributed by atoms with E-state index in [2.05, 4.69) is 0 Å². The lowest BCUT2D eigenvalue weighted by Gasteiger charge is -2.35. The third-order valence-electron chi connectivity index (χ3n) is 5.19. The molecule has 3 amide bonds. The maximum Gasteiger partial charge on any atom is 0.228 e. The molecule has 0 bridgehead atoms. The molecular weight excluding hydrogens is 350 g/mol. The Bertz CT molecular complexity index is 743. The molecule has 2 heterocycles. The van der Waals surface area contributed by atoms with E-state index in [1.807, 2.05) is 0 Å². The average Bonchev–Trinajstić information content (AvgIpc) is 3.08. The zero-order chi connectivity index (χ0) is 19.6. The van der Waals surface area contributed by atoms with Gasteiger partial charge in [0.25, 0.3) is 0 Å². The smallest absolute Gasteiger partial charge is 0.228 e. The quantitative estimate of drug-likeness (QED) is 0.776. The molecular formula is C19H25N3O5. The molecule has 1 aromatic carbocycles. The first kappa shape index (κ1) is 19.0. The molecule has 1 unspecified atom stereocenters. The second-order valence-electron chi connectivity index (χ2n) is 6.78. The van der Waals surface area contributed by atoms with Gasteiger partial charge in [-0.15, -0.1) is 0 Å². The summed E-state index contributed by atoms with van der Waals surface area (Å²) < 4.78 is 10.5. The molecule has 0 spiro atoms. The Morgan fingerprint density at radius 2 is 1.63 bits per heavy atom. The normalized spacial score (nSPS) is 20.0. The minimum Gasteiger partial charge on any atom is -0.493 e. The minimum absolute atomic E-state index is 0.0190. The lowest BCUT2D eigenvalue weighted by molar-refractivity contribution is -0.141. The summed E-state index contributed by atoms with van der Waals surface area (Å²) in [6, 6.07) is 5.28. The van der Waals surface area contributed by atoms with Crippen molar-refractivity contribution in [1.29, 1.82) is 0 Å². The topological polar surface area (TPSA) is 79.4 Å². The van der Waals surface area contributed by atoms with Gasteiger partial charge in [0.1, 0.15) is 0 Å². The van der Waals surface area contributed by atoms with Crippen LogP contribution in [0.25, 0.3) is 0 Å². The van der Waals surface area contributed by atoms with Gasteiger partial charge in [-0.05, 0) is 12.1 Å². The van der Waals surface area contributed by atoms with Crippen molar-refractivity contribution < 1.29 is 23.9 Å². The van der Waals surface area contributed by atoms with E-state index < -0.39 is 0 Å². The van der Waals surface area contributed by atoms with E-state index in [9.17, 15) is 14.4 Å². The maximum absolute atomic E-state index is 12.8. The average molecular weight is 375 g/mol. The van der Waals surface area contributed by atoms with E-state index in [-0.39, 0.29) is 30.1 Å². The first-order valence-corrected chi connectivity index (χ1v) is 9.01. The molecule has 0 aliphatic carbocycles. The third-order valence-corrected chi connectivity index (χ3v) is 5.19. The summed E-state index contributed by atoms with van der Waals surface area (Å²) in [5.74, 6) is 0.687. The number of anilines is 1. The fourth-order valence-corrected chi connectivity index (χ4v) is 3.62. The summed E-state index contributed by atoms with van der Waals surface area (Å²) in [6.45, 7) is 4.00. The summed E-state index contributed by atoms with van der Waals surface area (Å²) in [5, 5.41) is 0. The Hall–Kier alpha value is -2.77. The number of amides is 3. The van der Waals surface area contributed by atoms with Gasteiger partial charge in [0, 0.05) is 57.8 Å². The molecule has 2 aliphatic heterocycles. The van der Waals surface area contributed by atoms with Crippen LogP contribution in [-0.4, -0.2) is 74.5 Å². The first-order chi connectivity index (χ1) is 12.9. The monoisotopic (exact) mass is 375 g/mol. The van der Waals surface area contributed by atoms with Gasteiger partial charge in [-0.25, -0.2) is 0 Å². The highest BCUT2D eigenvalue weighted by Gasteiger charge is 2.38.